The zero-order chi connectivity index (χ0) is 21.7. The van der Waals surface area contributed by atoms with Crippen molar-refractivity contribution < 1.29 is 13.2 Å². The topological polar surface area (TPSA) is 89.0 Å². The van der Waals surface area contributed by atoms with Crippen molar-refractivity contribution in [1.82, 2.24) is 10.2 Å². The molecule has 158 valence electrons. The molecule has 2 aromatic carbocycles. The molecule has 31 heavy (non-hydrogen) atoms. The molecule has 6 nitrogen and oxygen atoms in total. The first-order chi connectivity index (χ1) is 15.0. The number of hydrogen-bond donors (Lipinski definition) is 1. The van der Waals surface area contributed by atoms with Crippen molar-refractivity contribution in [2.75, 3.05) is 5.32 Å². The van der Waals surface area contributed by atoms with E-state index in [1.165, 1.54) is 16.2 Å². The molecule has 0 atom stereocenters. The van der Waals surface area contributed by atoms with E-state index in [1.54, 1.807) is 77.7 Å². The van der Waals surface area contributed by atoms with Gasteiger partial charge in [0.2, 0.25) is 5.13 Å². The number of benzene rings is 2. The van der Waals surface area contributed by atoms with Gasteiger partial charge in [0.05, 0.1) is 10.6 Å². The molecule has 0 saturated heterocycles. The summed E-state index contributed by atoms with van der Waals surface area (Å²) in [5, 5.41) is 13.3. The fourth-order valence-electron chi connectivity index (χ4n) is 2.75. The predicted molar refractivity (Wildman–Crippen MR) is 126 cm³/mol. The van der Waals surface area contributed by atoms with Gasteiger partial charge in [-0.25, -0.2) is 8.42 Å². The maximum atomic E-state index is 12.6. The van der Waals surface area contributed by atoms with Gasteiger partial charge in [-0.1, -0.05) is 59.5 Å². The van der Waals surface area contributed by atoms with E-state index >= 15 is 0 Å². The first-order valence-electron chi connectivity index (χ1n) is 9.16. The number of aromatic nitrogens is 2. The third-order valence-corrected chi connectivity index (χ3v) is 8.98. The number of thioether (sulfide) groups is 1. The molecule has 0 aliphatic heterocycles. The Hall–Kier alpha value is -2.53. The highest BCUT2D eigenvalue weighted by Gasteiger charge is 2.17. The zero-order valence-electron chi connectivity index (χ0n) is 16.1. The summed E-state index contributed by atoms with van der Waals surface area (Å²) in [6.07, 6.45) is 0. The molecule has 0 saturated carbocycles. The summed E-state index contributed by atoms with van der Waals surface area (Å²) in [6.45, 7) is 0. The van der Waals surface area contributed by atoms with Crippen molar-refractivity contribution in [1.29, 1.82) is 0 Å². The van der Waals surface area contributed by atoms with E-state index in [0.29, 0.717) is 16.3 Å². The van der Waals surface area contributed by atoms with Crippen LogP contribution >= 0.6 is 34.4 Å². The number of carbonyl (C=O) groups is 1. The van der Waals surface area contributed by atoms with Crippen LogP contribution in [0.3, 0.4) is 0 Å². The van der Waals surface area contributed by atoms with Crippen LogP contribution in [0.15, 0.2) is 81.3 Å². The smallest absolute Gasteiger partial charge is 0.257 e. The average Bonchev–Trinajstić information content (AvgIpc) is 3.45. The van der Waals surface area contributed by atoms with Gasteiger partial charge in [-0.05, 0) is 41.3 Å². The standard InChI is InChI=1S/C21H17N3O3S4/c25-19(22-20-23-24-21(30-20)29-13-17-8-5-11-28-17)16-7-4-6-15(12-16)14-31(26,27)18-9-2-1-3-10-18/h1-12H,13-14H2,(H,22,23,25). The molecular weight excluding hydrogens is 471 g/mol. The Bertz CT molecular complexity index is 1270. The molecule has 1 amide bonds. The van der Waals surface area contributed by atoms with Crippen molar-refractivity contribution in [3.63, 3.8) is 0 Å². The first kappa shape index (κ1) is 21.7. The van der Waals surface area contributed by atoms with Gasteiger partial charge in [-0.2, -0.15) is 0 Å². The maximum Gasteiger partial charge on any atom is 0.257 e. The van der Waals surface area contributed by atoms with Crippen LogP contribution in [-0.2, 0) is 21.3 Å². The van der Waals surface area contributed by atoms with E-state index in [-0.39, 0.29) is 16.6 Å². The number of thiophene rings is 1. The summed E-state index contributed by atoms with van der Waals surface area (Å²) in [5.74, 6) is 0.267. The number of carbonyl (C=O) groups excluding carboxylic acids is 1. The Morgan fingerprint density at radius 1 is 1.00 bits per heavy atom. The molecule has 0 aliphatic rings. The van der Waals surface area contributed by atoms with Gasteiger partial charge in [0, 0.05) is 16.2 Å². The highest BCUT2D eigenvalue weighted by Crippen LogP contribution is 2.29. The van der Waals surface area contributed by atoms with E-state index in [2.05, 4.69) is 21.6 Å². The summed E-state index contributed by atoms with van der Waals surface area (Å²) in [7, 11) is -3.49. The summed E-state index contributed by atoms with van der Waals surface area (Å²) in [5.41, 5.74) is 0.907. The van der Waals surface area contributed by atoms with E-state index < -0.39 is 9.84 Å². The van der Waals surface area contributed by atoms with Crippen molar-refractivity contribution in [2.45, 2.75) is 20.7 Å². The second kappa shape index (κ2) is 9.73. The molecule has 0 fully saturated rings. The van der Waals surface area contributed by atoms with E-state index in [9.17, 15) is 13.2 Å². The molecular formula is C21H17N3O3S4. The van der Waals surface area contributed by atoms with Crippen LogP contribution < -0.4 is 5.32 Å². The van der Waals surface area contributed by atoms with Gasteiger partial charge in [0.25, 0.3) is 5.91 Å². The lowest BCUT2D eigenvalue weighted by atomic mass is 10.1. The van der Waals surface area contributed by atoms with Crippen LogP contribution in [0, 0.1) is 0 Å². The quantitative estimate of drug-likeness (QED) is 0.274. The van der Waals surface area contributed by atoms with Gasteiger partial charge in [-0.15, -0.1) is 21.5 Å². The molecule has 0 unspecified atom stereocenters. The fraction of sp³-hybridized carbons (Fsp3) is 0.0952. The molecule has 4 rings (SSSR count). The Kier molecular flexibility index (Phi) is 6.81. The lowest BCUT2D eigenvalue weighted by Gasteiger charge is -2.07. The number of anilines is 1. The minimum Gasteiger partial charge on any atom is -0.296 e. The SMILES string of the molecule is O=C(Nc1nnc(SCc2cccs2)s1)c1cccc(CS(=O)(=O)c2ccccc2)c1. The van der Waals surface area contributed by atoms with Crippen LogP contribution in [0.4, 0.5) is 5.13 Å². The summed E-state index contributed by atoms with van der Waals surface area (Å²) < 4.78 is 26.0. The van der Waals surface area contributed by atoms with E-state index in [1.807, 2.05) is 11.4 Å². The highest BCUT2D eigenvalue weighted by atomic mass is 32.2. The van der Waals surface area contributed by atoms with Crippen molar-refractivity contribution in [2.24, 2.45) is 0 Å². The minimum atomic E-state index is -3.49. The molecule has 0 bridgehead atoms. The molecule has 2 aromatic heterocycles. The normalized spacial score (nSPS) is 11.4. The number of amides is 1. The summed E-state index contributed by atoms with van der Waals surface area (Å²) in [4.78, 5) is 14.1. The van der Waals surface area contributed by atoms with Crippen LogP contribution in [0.2, 0.25) is 0 Å². The van der Waals surface area contributed by atoms with Gasteiger partial charge in [-0.3, -0.25) is 10.1 Å². The third-order valence-electron chi connectivity index (χ3n) is 4.19. The molecule has 0 radical (unpaired) electrons. The Balaban J connectivity index is 1.40. The summed E-state index contributed by atoms with van der Waals surface area (Å²) in [6, 6.07) is 18.9. The Labute approximate surface area is 192 Å². The second-order valence-electron chi connectivity index (χ2n) is 6.47. The number of sulfone groups is 1. The van der Waals surface area contributed by atoms with Gasteiger partial charge >= 0.3 is 0 Å². The fourth-order valence-corrected chi connectivity index (χ4v) is 6.63. The second-order valence-corrected chi connectivity index (χ2v) is 11.7. The first-order valence-corrected chi connectivity index (χ1v) is 13.5. The van der Waals surface area contributed by atoms with E-state index in [4.69, 9.17) is 0 Å². The molecule has 10 heteroatoms. The minimum absolute atomic E-state index is 0.180. The number of hydrogen-bond acceptors (Lipinski definition) is 8. The molecule has 0 aliphatic carbocycles. The Morgan fingerprint density at radius 3 is 2.61 bits per heavy atom. The lowest BCUT2D eigenvalue weighted by molar-refractivity contribution is 0.102. The third kappa shape index (κ3) is 5.79. The number of nitrogens with zero attached hydrogens (tertiary/aromatic N) is 2. The van der Waals surface area contributed by atoms with Crippen LogP contribution in [-0.4, -0.2) is 24.5 Å². The zero-order valence-corrected chi connectivity index (χ0v) is 19.4. The summed E-state index contributed by atoms with van der Waals surface area (Å²) >= 11 is 4.56. The largest absolute Gasteiger partial charge is 0.296 e. The van der Waals surface area contributed by atoms with Gasteiger partial charge in [0.15, 0.2) is 14.2 Å². The van der Waals surface area contributed by atoms with Crippen LogP contribution in [0.5, 0.6) is 0 Å². The molecule has 2 heterocycles. The molecule has 0 spiro atoms. The number of rotatable bonds is 8. The van der Waals surface area contributed by atoms with E-state index in [0.717, 1.165) is 10.1 Å². The predicted octanol–water partition coefficient (Wildman–Crippen LogP) is 5.12. The molecule has 1 N–H and O–H groups in total. The van der Waals surface area contributed by atoms with Crippen molar-refractivity contribution >= 4 is 55.3 Å². The van der Waals surface area contributed by atoms with Crippen LogP contribution in [0.25, 0.3) is 0 Å². The van der Waals surface area contributed by atoms with Gasteiger partial charge < -0.3 is 0 Å². The highest BCUT2D eigenvalue weighted by molar-refractivity contribution is 8.00. The maximum absolute atomic E-state index is 12.6. The van der Waals surface area contributed by atoms with Crippen molar-refractivity contribution in [3.05, 3.63) is 88.1 Å². The molecule has 4 aromatic rings. The number of nitrogens with one attached hydrogen (secondary N) is 1. The van der Waals surface area contributed by atoms with Crippen molar-refractivity contribution in [3.8, 4) is 0 Å². The van der Waals surface area contributed by atoms with Gasteiger partial charge in [0.1, 0.15) is 0 Å². The Morgan fingerprint density at radius 2 is 1.84 bits per heavy atom. The monoisotopic (exact) mass is 487 g/mol. The van der Waals surface area contributed by atoms with Crippen LogP contribution in [0.1, 0.15) is 20.8 Å². The average molecular weight is 488 g/mol. The lowest BCUT2D eigenvalue weighted by Crippen LogP contribution is -2.12.